The van der Waals surface area contributed by atoms with Crippen LogP contribution in [0.5, 0.6) is 0 Å². The third-order valence-corrected chi connectivity index (χ3v) is 3.61. The minimum atomic E-state index is -0.635. The summed E-state index contributed by atoms with van der Waals surface area (Å²) in [5.74, 6) is 4.31. The normalized spacial score (nSPS) is 10.3. The molecule has 0 radical (unpaired) electrons. The van der Waals surface area contributed by atoms with Gasteiger partial charge in [-0.25, -0.2) is 4.79 Å². The second-order valence-electron chi connectivity index (χ2n) is 4.00. The number of halogens is 2. The summed E-state index contributed by atoms with van der Waals surface area (Å²) < 4.78 is 0. The van der Waals surface area contributed by atoms with Crippen LogP contribution in [0.3, 0.4) is 0 Å². The van der Waals surface area contributed by atoms with Crippen LogP contribution in [0.1, 0.15) is 15.9 Å². The molecule has 0 spiro atoms. The Kier molecular flexibility index (Phi) is 4.10. The van der Waals surface area contributed by atoms with Crippen molar-refractivity contribution >= 4 is 29.2 Å². The van der Waals surface area contributed by atoms with Gasteiger partial charge in [0.1, 0.15) is 0 Å². The number of hydrogen-bond donors (Lipinski definition) is 1. The Bertz CT molecular complexity index is 641. The second-order valence-corrected chi connectivity index (χ2v) is 4.79. The van der Waals surface area contributed by atoms with Crippen LogP contribution < -0.4 is 5.90 Å². The molecule has 0 atom stereocenters. The van der Waals surface area contributed by atoms with Gasteiger partial charge in [0.05, 0.1) is 10.6 Å². The van der Waals surface area contributed by atoms with Crippen LogP contribution in [0.25, 0.3) is 11.1 Å². The van der Waals surface area contributed by atoms with E-state index in [0.717, 1.165) is 5.56 Å². The zero-order valence-corrected chi connectivity index (χ0v) is 11.6. The van der Waals surface area contributed by atoms with Crippen LogP contribution in [0.15, 0.2) is 36.4 Å². The third-order valence-electron chi connectivity index (χ3n) is 2.81. The lowest BCUT2D eigenvalue weighted by atomic mass is 9.98. The highest BCUT2D eigenvalue weighted by atomic mass is 35.5. The molecule has 0 saturated carbocycles. The average molecular weight is 296 g/mol. The Morgan fingerprint density at radius 2 is 1.84 bits per heavy atom. The molecular weight excluding hydrogens is 285 g/mol. The van der Waals surface area contributed by atoms with E-state index >= 15 is 0 Å². The van der Waals surface area contributed by atoms with E-state index in [1.807, 2.05) is 13.0 Å². The van der Waals surface area contributed by atoms with E-state index < -0.39 is 5.97 Å². The molecule has 2 N–H and O–H groups in total. The first kappa shape index (κ1) is 13.9. The summed E-state index contributed by atoms with van der Waals surface area (Å²) >= 11 is 12.5. The van der Waals surface area contributed by atoms with E-state index in [1.165, 1.54) is 0 Å². The lowest BCUT2D eigenvalue weighted by Crippen LogP contribution is -2.11. The lowest BCUT2D eigenvalue weighted by molar-refractivity contribution is 0.0504. The average Bonchev–Trinajstić information content (AvgIpc) is 2.43. The first-order valence-electron chi connectivity index (χ1n) is 5.51. The molecule has 0 aromatic heterocycles. The summed E-state index contributed by atoms with van der Waals surface area (Å²) in [5, 5.41) is 0.970. The van der Waals surface area contributed by atoms with Gasteiger partial charge in [-0.1, -0.05) is 47.5 Å². The van der Waals surface area contributed by atoms with Crippen molar-refractivity contribution in [1.29, 1.82) is 0 Å². The Morgan fingerprint density at radius 3 is 2.53 bits per heavy atom. The summed E-state index contributed by atoms with van der Waals surface area (Å²) in [6, 6.07) is 10.4. The van der Waals surface area contributed by atoms with E-state index in [9.17, 15) is 4.79 Å². The minimum absolute atomic E-state index is 0.319. The van der Waals surface area contributed by atoms with Crippen molar-refractivity contribution < 1.29 is 9.63 Å². The summed E-state index contributed by atoms with van der Waals surface area (Å²) in [7, 11) is 0. The van der Waals surface area contributed by atoms with Crippen molar-refractivity contribution in [2.75, 3.05) is 0 Å². The van der Waals surface area contributed by atoms with E-state index in [-0.39, 0.29) is 0 Å². The highest BCUT2D eigenvalue weighted by Gasteiger charge is 2.18. The number of hydrogen-bond acceptors (Lipinski definition) is 3. The van der Waals surface area contributed by atoms with Crippen LogP contribution in [-0.2, 0) is 4.84 Å². The molecule has 2 aromatic rings. The molecule has 0 saturated heterocycles. The maximum atomic E-state index is 11.7. The Morgan fingerprint density at radius 1 is 1.16 bits per heavy atom. The fraction of sp³-hybridized carbons (Fsp3) is 0.0714. The van der Waals surface area contributed by atoms with Crippen molar-refractivity contribution in [3.63, 3.8) is 0 Å². The zero-order chi connectivity index (χ0) is 14.0. The standard InChI is InChI=1S/C14H11Cl2NO2/c1-8-6-7-11(15)12(13(8)16)9-4-2-3-5-10(9)14(18)19-17/h2-7H,17H2,1H3. The number of aryl methyl sites for hydroxylation is 1. The van der Waals surface area contributed by atoms with E-state index in [4.69, 9.17) is 29.1 Å². The van der Waals surface area contributed by atoms with Gasteiger partial charge in [-0.3, -0.25) is 0 Å². The molecular formula is C14H11Cl2NO2. The molecule has 19 heavy (non-hydrogen) atoms. The van der Waals surface area contributed by atoms with E-state index in [2.05, 4.69) is 4.84 Å². The SMILES string of the molecule is Cc1ccc(Cl)c(-c2ccccc2C(=O)ON)c1Cl. The molecule has 0 amide bonds. The Hall–Kier alpha value is -1.55. The van der Waals surface area contributed by atoms with Gasteiger partial charge in [0.2, 0.25) is 0 Å². The molecule has 2 rings (SSSR count). The molecule has 98 valence electrons. The van der Waals surface area contributed by atoms with Gasteiger partial charge < -0.3 is 4.84 Å². The molecule has 0 aliphatic rings. The topological polar surface area (TPSA) is 52.3 Å². The molecule has 3 nitrogen and oxygen atoms in total. The van der Waals surface area contributed by atoms with Crippen LogP contribution in [0.4, 0.5) is 0 Å². The summed E-state index contributed by atoms with van der Waals surface area (Å²) in [5.41, 5.74) is 2.39. The van der Waals surface area contributed by atoms with Gasteiger partial charge in [-0.15, -0.1) is 0 Å². The van der Waals surface area contributed by atoms with E-state index in [0.29, 0.717) is 26.7 Å². The van der Waals surface area contributed by atoms with Crippen LogP contribution >= 0.6 is 23.2 Å². The van der Waals surface area contributed by atoms with Crippen molar-refractivity contribution in [3.05, 3.63) is 57.6 Å². The molecule has 0 heterocycles. The first-order chi connectivity index (χ1) is 9.06. The summed E-state index contributed by atoms with van der Waals surface area (Å²) in [6.45, 7) is 1.87. The van der Waals surface area contributed by atoms with E-state index in [1.54, 1.807) is 30.3 Å². The molecule has 0 unspecified atom stereocenters. The first-order valence-corrected chi connectivity index (χ1v) is 6.27. The number of carbonyl (C=O) groups excluding carboxylic acids is 1. The van der Waals surface area contributed by atoms with Crippen LogP contribution in [0.2, 0.25) is 10.0 Å². The molecule has 0 bridgehead atoms. The highest BCUT2D eigenvalue weighted by molar-refractivity contribution is 6.40. The number of rotatable bonds is 2. The summed E-state index contributed by atoms with van der Waals surface area (Å²) in [4.78, 5) is 16.0. The highest BCUT2D eigenvalue weighted by Crippen LogP contribution is 2.38. The van der Waals surface area contributed by atoms with Crippen molar-refractivity contribution in [2.45, 2.75) is 6.92 Å². The number of carbonyl (C=O) groups is 1. The van der Waals surface area contributed by atoms with Crippen LogP contribution in [0, 0.1) is 6.92 Å². The molecule has 2 aromatic carbocycles. The monoisotopic (exact) mass is 295 g/mol. The smallest absolute Gasteiger partial charge is 0.357 e. The van der Waals surface area contributed by atoms with Crippen LogP contribution in [-0.4, -0.2) is 5.97 Å². The third kappa shape index (κ3) is 2.59. The Balaban J connectivity index is 2.73. The van der Waals surface area contributed by atoms with Crippen molar-refractivity contribution in [3.8, 4) is 11.1 Å². The minimum Gasteiger partial charge on any atom is -0.370 e. The van der Waals surface area contributed by atoms with Gasteiger partial charge in [0, 0.05) is 10.6 Å². The molecule has 0 aliphatic heterocycles. The number of benzene rings is 2. The largest absolute Gasteiger partial charge is 0.370 e. The molecule has 5 heteroatoms. The Labute approximate surface area is 120 Å². The summed E-state index contributed by atoms with van der Waals surface area (Å²) in [6.07, 6.45) is 0. The molecule has 0 aliphatic carbocycles. The van der Waals surface area contributed by atoms with Gasteiger partial charge in [0.25, 0.3) is 0 Å². The molecule has 0 fully saturated rings. The lowest BCUT2D eigenvalue weighted by Gasteiger charge is -2.12. The van der Waals surface area contributed by atoms with Gasteiger partial charge in [-0.2, -0.15) is 5.90 Å². The van der Waals surface area contributed by atoms with Gasteiger partial charge in [-0.05, 0) is 30.2 Å². The quantitative estimate of drug-likeness (QED) is 0.852. The maximum Gasteiger partial charge on any atom is 0.357 e. The maximum absolute atomic E-state index is 11.7. The fourth-order valence-corrected chi connectivity index (χ4v) is 2.42. The van der Waals surface area contributed by atoms with Gasteiger partial charge in [0.15, 0.2) is 0 Å². The van der Waals surface area contributed by atoms with Crippen molar-refractivity contribution in [2.24, 2.45) is 5.90 Å². The van der Waals surface area contributed by atoms with Gasteiger partial charge >= 0.3 is 5.97 Å². The second kappa shape index (κ2) is 5.61. The predicted molar refractivity (Wildman–Crippen MR) is 76.2 cm³/mol. The number of nitrogens with two attached hydrogens (primary N) is 1. The zero-order valence-electron chi connectivity index (χ0n) is 10.1. The fourth-order valence-electron chi connectivity index (χ4n) is 1.85. The predicted octanol–water partition coefficient (Wildman–Crippen LogP) is 4.00. The van der Waals surface area contributed by atoms with Crippen molar-refractivity contribution in [1.82, 2.24) is 0 Å².